The second kappa shape index (κ2) is 9.02. The van der Waals surface area contributed by atoms with Crippen molar-refractivity contribution in [2.75, 3.05) is 25.2 Å². The van der Waals surface area contributed by atoms with Gasteiger partial charge in [-0.2, -0.15) is 0 Å². The molecule has 1 aromatic heterocycles. The largest absolute Gasteiger partial charge is 0.496 e. The molecule has 0 N–H and O–H groups in total. The summed E-state index contributed by atoms with van der Waals surface area (Å²) in [4.78, 5) is 33.5. The van der Waals surface area contributed by atoms with Gasteiger partial charge >= 0.3 is 5.97 Å². The van der Waals surface area contributed by atoms with Gasteiger partial charge in [-0.3, -0.25) is 14.5 Å². The quantitative estimate of drug-likeness (QED) is 0.411. The van der Waals surface area contributed by atoms with Crippen LogP contribution in [0.25, 0.3) is 11.0 Å². The van der Waals surface area contributed by atoms with Crippen LogP contribution in [-0.4, -0.2) is 41.7 Å². The fourth-order valence-corrected chi connectivity index (χ4v) is 4.34. The highest BCUT2D eigenvalue weighted by molar-refractivity contribution is 6.08. The van der Waals surface area contributed by atoms with E-state index in [2.05, 4.69) is 13.8 Å². The number of methoxy groups -OCH3 is 1. The van der Waals surface area contributed by atoms with Gasteiger partial charge in [0.25, 0.3) is 0 Å². The summed E-state index contributed by atoms with van der Waals surface area (Å²) in [7, 11) is 1.59. The van der Waals surface area contributed by atoms with Gasteiger partial charge < -0.3 is 14.0 Å². The standard InChI is InChI=1S/C25H29N3O4/c1-5-32-24(30)21-22(17-10-6-9-13-20(17)31-4)28-19-12-8-7-11-18(19)26-25(28)27(23(21)29)15-14-16(2)3/h6-13,16,21-22H,5,14-15H2,1-4H3/t21-,22-/m1/s1. The molecule has 0 fully saturated rings. The van der Waals surface area contributed by atoms with Crippen molar-refractivity contribution >= 4 is 28.9 Å². The molecule has 1 aliphatic rings. The number of hydrogen-bond donors (Lipinski definition) is 0. The Labute approximate surface area is 187 Å². The number of benzene rings is 2. The highest BCUT2D eigenvalue weighted by atomic mass is 16.5. The first-order valence-electron chi connectivity index (χ1n) is 11.1. The lowest BCUT2D eigenvalue weighted by Gasteiger charge is -2.38. The smallest absolute Gasteiger partial charge is 0.321 e. The zero-order valence-electron chi connectivity index (χ0n) is 18.9. The molecule has 0 saturated carbocycles. The Kier molecular flexibility index (Phi) is 6.17. The van der Waals surface area contributed by atoms with Crippen molar-refractivity contribution in [3.63, 3.8) is 0 Å². The van der Waals surface area contributed by atoms with E-state index in [4.69, 9.17) is 14.5 Å². The van der Waals surface area contributed by atoms with Gasteiger partial charge in [0, 0.05) is 12.1 Å². The molecule has 1 amide bonds. The molecule has 168 valence electrons. The number of fused-ring (bicyclic) bond motifs is 3. The molecular formula is C25H29N3O4. The number of para-hydroxylation sites is 3. The van der Waals surface area contributed by atoms with Gasteiger partial charge in [-0.15, -0.1) is 0 Å². The molecule has 0 unspecified atom stereocenters. The van der Waals surface area contributed by atoms with Crippen molar-refractivity contribution in [1.29, 1.82) is 0 Å². The SMILES string of the molecule is CCOC(=O)[C@H]1C(=O)N(CCC(C)C)c2nc3ccccc3n2[C@@H]1c1ccccc1OC. The van der Waals surface area contributed by atoms with Crippen molar-refractivity contribution in [3.05, 3.63) is 54.1 Å². The summed E-state index contributed by atoms with van der Waals surface area (Å²) < 4.78 is 13.0. The zero-order valence-corrected chi connectivity index (χ0v) is 18.9. The van der Waals surface area contributed by atoms with Crippen LogP contribution >= 0.6 is 0 Å². The number of aromatic nitrogens is 2. The predicted molar refractivity (Wildman–Crippen MR) is 123 cm³/mol. The summed E-state index contributed by atoms with van der Waals surface area (Å²) in [6.07, 6.45) is 0.795. The van der Waals surface area contributed by atoms with Crippen molar-refractivity contribution < 1.29 is 19.1 Å². The third-order valence-corrected chi connectivity index (χ3v) is 5.87. The molecule has 2 atom stereocenters. The van der Waals surface area contributed by atoms with Crippen molar-refractivity contribution in [1.82, 2.24) is 9.55 Å². The molecule has 3 aromatic rings. The summed E-state index contributed by atoms with van der Waals surface area (Å²) >= 11 is 0. The fourth-order valence-electron chi connectivity index (χ4n) is 4.34. The molecule has 1 aliphatic heterocycles. The van der Waals surface area contributed by atoms with E-state index in [-0.39, 0.29) is 12.5 Å². The van der Waals surface area contributed by atoms with Crippen LogP contribution in [0.2, 0.25) is 0 Å². The molecule has 0 spiro atoms. The highest BCUT2D eigenvalue weighted by Crippen LogP contribution is 2.43. The van der Waals surface area contributed by atoms with Crippen LogP contribution in [0.4, 0.5) is 5.95 Å². The normalized spacial score (nSPS) is 18.2. The summed E-state index contributed by atoms with van der Waals surface area (Å²) in [5.74, 6) is -0.307. The predicted octanol–water partition coefficient (Wildman–Crippen LogP) is 4.21. The lowest BCUT2D eigenvalue weighted by Crippen LogP contribution is -2.50. The van der Waals surface area contributed by atoms with E-state index in [0.29, 0.717) is 24.2 Å². The Bertz CT molecular complexity index is 1140. The minimum Gasteiger partial charge on any atom is -0.496 e. The summed E-state index contributed by atoms with van der Waals surface area (Å²) in [5.41, 5.74) is 2.37. The molecule has 2 heterocycles. The van der Waals surface area contributed by atoms with E-state index in [1.165, 1.54) is 0 Å². The molecule has 2 aromatic carbocycles. The van der Waals surface area contributed by atoms with Crippen LogP contribution in [0, 0.1) is 11.8 Å². The Morgan fingerprint density at radius 1 is 1.12 bits per heavy atom. The average Bonchev–Trinajstić information content (AvgIpc) is 3.16. The van der Waals surface area contributed by atoms with Crippen LogP contribution in [0.3, 0.4) is 0 Å². The summed E-state index contributed by atoms with van der Waals surface area (Å²) in [6, 6.07) is 14.6. The second-order valence-electron chi connectivity index (χ2n) is 8.36. The number of rotatable bonds is 7. The average molecular weight is 436 g/mol. The van der Waals surface area contributed by atoms with Crippen LogP contribution < -0.4 is 9.64 Å². The molecule has 0 saturated heterocycles. The topological polar surface area (TPSA) is 73.7 Å². The van der Waals surface area contributed by atoms with Crippen LogP contribution in [0.1, 0.15) is 38.8 Å². The van der Waals surface area contributed by atoms with Crippen LogP contribution in [0.15, 0.2) is 48.5 Å². The number of imidazole rings is 1. The number of carbonyl (C=O) groups excluding carboxylic acids is 2. The number of nitrogens with zero attached hydrogens (tertiary/aromatic N) is 3. The minimum atomic E-state index is -1.04. The third kappa shape index (κ3) is 3.72. The maximum atomic E-state index is 13.8. The van der Waals surface area contributed by atoms with E-state index in [1.54, 1.807) is 18.9 Å². The van der Waals surface area contributed by atoms with Gasteiger partial charge in [0.2, 0.25) is 11.9 Å². The van der Waals surface area contributed by atoms with E-state index in [1.807, 2.05) is 53.1 Å². The maximum Gasteiger partial charge on any atom is 0.321 e. The Balaban J connectivity index is 1.99. The molecule has 32 heavy (non-hydrogen) atoms. The lowest BCUT2D eigenvalue weighted by atomic mass is 9.88. The van der Waals surface area contributed by atoms with E-state index in [0.717, 1.165) is 23.0 Å². The lowest BCUT2D eigenvalue weighted by molar-refractivity contribution is -0.153. The molecule has 7 heteroatoms. The molecule has 0 bridgehead atoms. The maximum absolute atomic E-state index is 13.8. The van der Waals surface area contributed by atoms with Crippen molar-refractivity contribution in [2.24, 2.45) is 11.8 Å². The number of hydrogen-bond acceptors (Lipinski definition) is 5. The van der Waals surface area contributed by atoms with E-state index < -0.39 is 17.9 Å². The van der Waals surface area contributed by atoms with Gasteiger partial charge in [-0.1, -0.05) is 44.2 Å². The number of carbonyl (C=O) groups is 2. The van der Waals surface area contributed by atoms with Gasteiger partial charge in [0.1, 0.15) is 5.75 Å². The van der Waals surface area contributed by atoms with Crippen LogP contribution in [-0.2, 0) is 14.3 Å². The monoisotopic (exact) mass is 435 g/mol. The highest BCUT2D eigenvalue weighted by Gasteiger charge is 2.48. The minimum absolute atomic E-state index is 0.199. The summed E-state index contributed by atoms with van der Waals surface area (Å²) in [5, 5.41) is 0. The Hall–Kier alpha value is -3.35. The molecular weight excluding hydrogens is 406 g/mol. The first kappa shape index (κ1) is 21.9. The summed E-state index contributed by atoms with van der Waals surface area (Å²) in [6.45, 7) is 6.65. The molecule has 0 aliphatic carbocycles. The molecule has 7 nitrogen and oxygen atoms in total. The fraction of sp³-hybridized carbons (Fsp3) is 0.400. The van der Waals surface area contributed by atoms with Gasteiger partial charge in [-0.05, 0) is 37.5 Å². The first-order valence-corrected chi connectivity index (χ1v) is 11.1. The van der Waals surface area contributed by atoms with Crippen LogP contribution in [0.5, 0.6) is 5.75 Å². The number of esters is 1. The molecule has 4 rings (SSSR count). The van der Waals surface area contributed by atoms with Crippen molar-refractivity contribution in [2.45, 2.75) is 33.2 Å². The third-order valence-electron chi connectivity index (χ3n) is 5.87. The Morgan fingerprint density at radius 3 is 2.56 bits per heavy atom. The van der Waals surface area contributed by atoms with Gasteiger partial charge in [0.05, 0.1) is 30.8 Å². The zero-order chi connectivity index (χ0) is 22.8. The number of amides is 1. The van der Waals surface area contributed by atoms with Crippen molar-refractivity contribution in [3.8, 4) is 5.75 Å². The Morgan fingerprint density at radius 2 is 1.84 bits per heavy atom. The van der Waals surface area contributed by atoms with Gasteiger partial charge in [0.15, 0.2) is 5.92 Å². The number of ether oxygens (including phenoxy) is 2. The van der Waals surface area contributed by atoms with Gasteiger partial charge in [-0.25, -0.2) is 4.98 Å². The van der Waals surface area contributed by atoms with E-state index >= 15 is 0 Å². The first-order chi connectivity index (χ1) is 15.5. The molecule has 0 radical (unpaired) electrons. The number of anilines is 1. The second-order valence-corrected chi connectivity index (χ2v) is 8.36. The van der Waals surface area contributed by atoms with E-state index in [9.17, 15) is 9.59 Å².